The molecule has 0 saturated carbocycles. The van der Waals surface area contributed by atoms with Crippen LogP contribution in [0.1, 0.15) is 0 Å². The summed E-state index contributed by atoms with van der Waals surface area (Å²) in [5.74, 6) is 0. The molecule has 0 aromatic carbocycles. The van der Waals surface area contributed by atoms with Crippen molar-refractivity contribution in [3.63, 3.8) is 0 Å². The predicted octanol–water partition coefficient (Wildman–Crippen LogP) is 2.90. The summed E-state index contributed by atoms with van der Waals surface area (Å²) in [6.07, 6.45) is 3.73. The zero-order valence-corrected chi connectivity index (χ0v) is 8.02. The molecule has 2 aromatic rings. The van der Waals surface area contributed by atoms with Crippen molar-refractivity contribution in [2.75, 3.05) is 0 Å². The Hall–Kier alpha value is -0.160. The molecule has 0 aliphatic carbocycles. The quantitative estimate of drug-likeness (QED) is 0.664. The van der Waals surface area contributed by atoms with E-state index in [1.165, 1.54) is 13.0 Å². The Kier molecular flexibility index (Phi) is 1.61. The Bertz CT molecular complexity index is 322. The first-order valence-electron chi connectivity index (χ1n) is 2.85. The van der Waals surface area contributed by atoms with Gasteiger partial charge in [0.05, 0.1) is 7.58 Å². The number of fused-ring (bicyclic) bond motifs is 1. The van der Waals surface area contributed by atoms with Crippen molar-refractivity contribution in [3.8, 4) is 0 Å². The fourth-order valence-corrected chi connectivity index (χ4v) is 2.65. The number of halogens is 1. The highest BCUT2D eigenvalue weighted by Gasteiger charge is 1.95. The molecule has 0 unspecified atom stereocenters. The van der Waals surface area contributed by atoms with Crippen LogP contribution in [0.15, 0.2) is 24.5 Å². The van der Waals surface area contributed by atoms with E-state index >= 15 is 0 Å². The molecule has 0 N–H and O–H groups in total. The first-order valence-corrected chi connectivity index (χ1v) is 4.75. The summed E-state index contributed by atoms with van der Waals surface area (Å²) >= 11 is 4.10. The largest absolute Gasteiger partial charge is 0.263 e. The number of aromatic nitrogens is 1. The molecular weight excluding hydrogens is 257 g/mol. The highest BCUT2D eigenvalue weighted by atomic mass is 127. The number of thiophene rings is 1. The summed E-state index contributed by atoms with van der Waals surface area (Å²) < 4.78 is 2.59. The number of nitrogens with zero attached hydrogens (tertiary/aromatic N) is 1. The second kappa shape index (κ2) is 2.47. The molecule has 0 radical (unpaired) electrons. The van der Waals surface area contributed by atoms with Crippen molar-refractivity contribution < 1.29 is 0 Å². The van der Waals surface area contributed by atoms with Crippen molar-refractivity contribution in [3.05, 3.63) is 27.4 Å². The van der Waals surface area contributed by atoms with Gasteiger partial charge in [-0.25, -0.2) is 0 Å². The Labute approximate surface area is 76.2 Å². The maximum absolute atomic E-state index is 4.03. The second-order valence-electron chi connectivity index (χ2n) is 1.96. The van der Waals surface area contributed by atoms with E-state index in [2.05, 4.69) is 33.6 Å². The molecule has 0 fully saturated rings. The number of rotatable bonds is 0. The number of pyridine rings is 1. The summed E-state index contributed by atoms with van der Waals surface area (Å²) in [6.45, 7) is 0. The molecule has 0 atom stereocenters. The van der Waals surface area contributed by atoms with Gasteiger partial charge in [0.15, 0.2) is 0 Å². The van der Waals surface area contributed by atoms with Gasteiger partial charge in [0.25, 0.3) is 0 Å². The summed E-state index contributed by atoms with van der Waals surface area (Å²) in [6, 6.07) is 4.20. The first-order chi connectivity index (χ1) is 4.86. The number of hydrogen-bond donors (Lipinski definition) is 0. The predicted molar refractivity (Wildman–Crippen MR) is 52.3 cm³/mol. The van der Waals surface area contributed by atoms with Crippen molar-refractivity contribution >= 4 is 44.0 Å². The molecule has 0 spiro atoms. The number of hydrogen-bond acceptors (Lipinski definition) is 2. The van der Waals surface area contributed by atoms with Crippen LogP contribution >= 0.6 is 33.9 Å². The minimum atomic E-state index is 1.27. The van der Waals surface area contributed by atoms with Crippen LogP contribution in [0.3, 0.4) is 0 Å². The van der Waals surface area contributed by atoms with Gasteiger partial charge in [0.2, 0.25) is 0 Å². The highest BCUT2D eigenvalue weighted by Crippen LogP contribution is 2.24. The Morgan fingerprint density at radius 1 is 1.50 bits per heavy atom. The summed E-state index contributed by atoms with van der Waals surface area (Å²) in [4.78, 5) is 4.03. The molecule has 10 heavy (non-hydrogen) atoms. The molecule has 3 heteroatoms. The van der Waals surface area contributed by atoms with Crippen LogP contribution < -0.4 is 0 Å². The summed E-state index contributed by atoms with van der Waals surface area (Å²) in [5.41, 5.74) is 0. The third kappa shape index (κ3) is 1.03. The van der Waals surface area contributed by atoms with Crippen molar-refractivity contribution in [2.45, 2.75) is 0 Å². The fraction of sp³-hybridized carbons (Fsp3) is 0. The molecule has 2 rings (SSSR count). The molecule has 2 heterocycles. The van der Waals surface area contributed by atoms with E-state index in [4.69, 9.17) is 0 Å². The lowest BCUT2D eigenvalue weighted by atomic mass is 10.3. The van der Waals surface area contributed by atoms with Gasteiger partial charge in [-0.1, -0.05) is 0 Å². The third-order valence-electron chi connectivity index (χ3n) is 1.29. The van der Waals surface area contributed by atoms with Crippen LogP contribution in [-0.2, 0) is 0 Å². The van der Waals surface area contributed by atoms with E-state index in [9.17, 15) is 0 Å². The van der Waals surface area contributed by atoms with Crippen LogP contribution in [0, 0.1) is 2.88 Å². The van der Waals surface area contributed by atoms with E-state index in [1.54, 1.807) is 11.3 Å². The minimum Gasteiger partial charge on any atom is -0.263 e. The standard InChI is InChI=1S/C7H4INS/c8-7-3-5-1-2-9-4-6(5)10-7/h1-4H. The topological polar surface area (TPSA) is 12.9 Å². The Morgan fingerprint density at radius 3 is 3.20 bits per heavy atom. The molecule has 0 amide bonds. The maximum atomic E-state index is 4.03. The van der Waals surface area contributed by atoms with Gasteiger partial charge >= 0.3 is 0 Å². The van der Waals surface area contributed by atoms with E-state index in [0.29, 0.717) is 0 Å². The zero-order valence-electron chi connectivity index (χ0n) is 5.04. The van der Waals surface area contributed by atoms with Gasteiger partial charge < -0.3 is 0 Å². The van der Waals surface area contributed by atoms with Crippen LogP contribution in [0.4, 0.5) is 0 Å². The van der Waals surface area contributed by atoms with Crippen LogP contribution in [0.25, 0.3) is 10.1 Å². The average Bonchev–Trinajstić information content (AvgIpc) is 2.27. The lowest BCUT2D eigenvalue weighted by Gasteiger charge is -1.81. The van der Waals surface area contributed by atoms with Gasteiger partial charge in [-0.05, 0) is 40.1 Å². The van der Waals surface area contributed by atoms with E-state index < -0.39 is 0 Å². The molecule has 1 nitrogen and oxygen atoms in total. The van der Waals surface area contributed by atoms with Gasteiger partial charge in [0, 0.05) is 12.4 Å². The van der Waals surface area contributed by atoms with Crippen LogP contribution in [0.5, 0.6) is 0 Å². The van der Waals surface area contributed by atoms with Gasteiger partial charge in [-0.15, -0.1) is 11.3 Å². The molecule has 0 bridgehead atoms. The Morgan fingerprint density at radius 2 is 2.40 bits per heavy atom. The van der Waals surface area contributed by atoms with E-state index in [1.807, 2.05) is 18.5 Å². The lowest BCUT2D eigenvalue weighted by molar-refractivity contribution is 1.37. The third-order valence-corrected chi connectivity index (χ3v) is 3.14. The lowest BCUT2D eigenvalue weighted by Crippen LogP contribution is -1.64. The monoisotopic (exact) mass is 261 g/mol. The fourth-order valence-electron chi connectivity index (χ4n) is 0.852. The first kappa shape index (κ1) is 6.54. The average molecular weight is 261 g/mol. The normalized spacial score (nSPS) is 10.5. The van der Waals surface area contributed by atoms with Gasteiger partial charge in [0.1, 0.15) is 0 Å². The molecule has 0 aliphatic rings. The van der Waals surface area contributed by atoms with E-state index in [0.717, 1.165) is 0 Å². The maximum Gasteiger partial charge on any atom is 0.0666 e. The Balaban J connectivity index is 2.88. The van der Waals surface area contributed by atoms with Gasteiger partial charge in [-0.2, -0.15) is 0 Å². The summed E-state index contributed by atoms with van der Waals surface area (Å²) in [5, 5.41) is 1.30. The summed E-state index contributed by atoms with van der Waals surface area (Å²) in [7, 11) is 0. The molecule has 0 saturated heterocycles. The molecule has 2 aromatic heterocycles. The smallest absolute Gasteiger partial charge is 0.0666 e. The van der Waals surface area contributed by atoms with Crippen molar-refractivity contribution in [1.82, 2.24) is 4.98 Å². The highest BCUT2D eigenvalue weighted by molar-refractivity contribution is 14.1. The van der Waals surface area contributed by atoms with Gasteiger partial charge in [-0.3, -0.25) is 4.98 Å². The molecule has 0 aliphatic heterocycles. The molecular formula is C7H4INS. The van der Waals surface area contributed by atoms with E-state index in [-0.39, 0.29) is 0 Å². The SMILES string of the molecule is Ic1cc2ccncc2s1. The van der Waals surface area contributed by atoms with Crippen LogP contribution in [0.2, 0.25) is 0 Å². The zero-order chi connectivity index (χ0) is 6.97. The minimum absolute atomic E-state index is 1.27. The van der Waals surface area contributed by atoms with Crippen molar-refractivity contribution in [2.24, 2.45) is 0 Å². The van der Waals surface area contributed by atoms with Crippen molar-refractivity contribution in [1.29, 1.82) is 0 Å². The van der Waals surface area contributed by atoms with Crippen LogP contribution in [-0.4, -0.2) is 4.98 Å². The second-order valence-corrected chi connectivity index (χ2v) is 4.94. The molecule has 50 valence electrons.